The quantitative estimate of drug-likeness (QED) is 0.666. The minimum atomic E-state index is -1.27. The lowest BCUT2D eigenvalue weighted by Crippen LogP contribution is -2.38. The molecule has 0 atom stereocenters. The lowest BCUT2D eigenvalue weighted by molar-refractivity contribution is 1.26. The Morgan fingerprint density at radius 2 is 1.73 bits per heavy atom. The Labute approximate surface area is 92.2 Å². The predicted octanol–water partition coefficient (Wildman–Crippen LogP) is 3.09. The molecule has 0 saturated carbocycles. The number of aromatic nitrogens is 1. The first-order valence-electron chi connectivity index (χ1n) is 5.35. The van der Waals surface area contributed by atoms with Gasteiger partial charge in [-0.2, -0.15) is 0 Å². The summed E-state index contributed by atoms with van der Waals surface area (Å²) < 4.78 is 0. The summed E-state index contributed by atoms with van der Waals surface area (Å²) in [5.74, 6) is 0. The van der Waals surface area contributed by atoms with E-state index in [-0.39, 0.29) is 0 Å². The van der Waals surface area contributed by atoms with Gasteiger partial charge in [0.25, 0.3) is 0 Å². The van der Waals surface area contributed by atoms with Crippen LogP contribution in [0.1, 0.15) is 5.69 Å². The monoisotopic (exact) mass is 215 g/mol. The van der Waals surface area contributed by atoms with Crippen LogP contribution in [0, 0.1) is 6.92 Å². The van der Waals surface area contributed by atoms with Crippen molar-refractivity contribution < 1.29 is 0 Å². The van der Waals surface area contributed by atoms with Gasteiger partial charge in [-0.05, 0) is 29.6 Å². The number of nitrogens with zero attached hydrogens (tertiary/aromatic N) is 1. The SMILES string of the molecule is Cc1cc([Si](C)(C)C)c2ccccc2n1. The molecule has 2 rings (SSSR count). The highest BCUT2D eigenvalue weighted by molar-refractivity contribution is 6.90. The normalized spacial score (nSPS) is 12.0. The lowest BCUT2D eigenvalue weighted by Gasteiger charge is -2.19. The van der Waals surface area contributed by atoms with Gasteiger partial charge in [-0.15, -0.1) is 0 Å². The third-order valence-electron chi connectivity index (χ3n) is 2.65. The maximum absolute atomic E-state index is 4.57. The van der Waals surface area contributed by atoms with Crippen molar-refractivity contribution in [3.05, 3.63) is 36.0 Å². The van der Waals surface area contributed by atoms with Crippen LogP contribution < -0.4 is 5.19 Å². The average Bonchev–Trinajstić information content (AvgIpc) is 2.15. The largest absolute Gasteiger partial charge is 0.253 e. The summed E-state index contributed by atoms with van der Waals surface area (Å²) in [6.45, 7) is 9.23. The number of aryl methyl sites for hydroxylation is 1. The molecule has 1 heterocycles. The van der Waals surface area contributed by atoms with E-state index in [1.54, 1.807) is 0 Å². The fraction of sp³-hybridized carbons (Fsp3) is 0.308. The first-order valence-corrected chi connectivity index (χ1v) is 8.85. The molecule has 0 fully saturated rings. The summed E-state index contributed by atoms with van der Waals surface area (Å²) in [6.07, 6.45) is 0. The number of rotatable bonds is 1. The fourth-order valence-electron chi connectivity index (χ4n) is 1.93. The Kier molecular flexibility index (Phi) is 2.39. The van der Waals surface area contributed by atoms with E-state index in [4.69, 9.17) is 0 Å². The molecule has 0 bridgehead atoms. The van der Waals surface area contributed by atoms with Crippen molar-refractivity contribution in [3.8, 4) is 0 Å². The van der Waals surface area contributed by atoms with Crippen LogP contribution in [0.5, 0.6) is 0 Å². The van der Waals surface area contributed by atoms with Gasteiger partial charge in [0.1, 0.15) is 0 Å². The van der Waals surface area contributed by atoms with E-state index in [1.165, 1.54) is 10.6 Å². The molecule has 0 radical (unpaired) electrons. The second kappa shape index (κ2) is 3.45. The van der Waals surface area contributed by atoms with E-state index in [2.05, 4.69) is 61.9 Å². The summed E-state index contributed by atoms with van der Waals surface area (Å²) in [5, 5.41) is 2.85. The molecule has 0 N–H and O–H groups in total. The van der Waals surface area contributed by atoms with E-state index in [0.717, 1.165) is 11.2 Å². The van der Waals surface area contributed by atoms with Crippen LogP contribution in [0.25, 0.3) is 10.9 Å². The molecular weight excluding hydrogens is 198 g/mol. The maximum Gasteiger partial charge on any atom is 0.0785 e. The molecule has 0 aliphatic carbocycles. The summed E-state index contributed by atoms with van der Waals surface area (Å²) in [4.78, 5) is 4.57. The van der Waals surface area contributed by atoms with Gasteiger partial charge < -0.3 is 0 Å². The van der Waals surface area contributed by atoms with Crippen LogP contribution in [0.2, 0.25) is 19.6 Å². The van der Waals surface area contributed by atoms with E-state index in [0.29, 0.717) is 0 Å². The zero-order valence-electron chi connectivity index (χ0n) is 9.83. The van der Waals surface area contributed by atoms with Crippen molar-refractivity contribution >= 4 is 24.2 Å². The molecule has 0 amide bonds. The third kappa shape index (κ3) is 1.95. The van der Waals surface area contributed by atoms with Gasteiger partial charge in [0, 0.05) is 5.69 Å². The molecule has 15 heavy (non-hydrogen) atoms. The van der Waals surface area contributed by atoms with E-state index < -0.39 is 8.07 Å². The Morgan fingerprint density at radius 3 is 2.40 bits per heavy atom. The van der Waals surface area contributed by atoms with Gasteiger partial charge in [-0.25, -0.2) is 0 Å². The van der Waals surface area contributed by atoms with Crippen molar-refractivity contribution in [2.45, 2.75) is 26.6 Å². The molecule has 0 aliphatic rings. The van der Waals surface area contributed by atoms with Crippen LogP contribution in [0.15, 0.2) is 30.3 Å². The molecule has 0 aliphatic heterocycles. The number of para-hydroxylation sites is 1. The van der Waals surface area contributed by atoms with Crippen molar-refractivity contribution in [1.29, 1.82) is 0 Å². The van der Waals surface area contributed by atoms with Gasteiger partial charge in [0.2, 0.25) is 0 Å². The van der Waals surface area contributed by atoms with E-state index >= 15 is 0 Å². The second-order valence-corrected chi connectivity index (χ2v) is 10.1. The van der Waals surface area contributed by atoms with Crippen molar-refractivity contribution in [2.24, 2.45) is 0 Å². The highest BCUT2D eigenvalue weighted by Crippen LogP contribution is 2.14. The van der Waals surface area contributed by atoms with Crippen LogP contribution in [-0.2, 0) is 0 Å². The molecule has 2 heteroatoms. The van der Waals surface area contributed by atoms with Gasteiger partial charge in [-0.3, -0.25) is 4.98 Å². The van der Waals surface area contributed by atoms with Crippen molar-refractivity contribution in [3.63, 3.8) is 0 Å². The summed E-state index contributed by atoms with van der Waals surface area (Å²) in [6, 6.07) is 10.7. The predicted molar refractivity (Wildman–Crippen MR) is 69.5 cm³/mol. The summed E-state index contributed by atoms with van der Waals surface area (Å²) >= 11 is 0. The van der Waals surface area contributed by atoms with Crippen molar-refractivity contribution in [1.82, 2.24) is 4.98 Å². The lowest BCUT2D eigenvalue weighted by atomic mass is 10.2. The molecule has 78 valence electrons. The molecule has 1 aromatic carbocycles. The topological polar surface area (TPSA) is 12.9 Å². The first kappa shape index (κ1) is 10.4. The van der Waals surface area contributed by atoms with Gasteiger partial charge in [-0.1, -0.05) is 37.8 Å². The van der Waals surface area contributed by atoms with E-state index in [1.807, 2.05) is 0 Å². The highest BCUT2D eigenvalue weighted by Gasteiger charge is 2.19. The molecule has 0 spiro atoms. The smallest absolute Gasteiger partial charge is 0.0785 e. The number of benzene rings is 1. The maximum atomic E-state index is 4.57. The van der Waals surface area contributed by atoms with Gasteiger partial charge in [0.15, 0.2) is 0 Å². The Balaban J connectivity index is 2.83. The number of fused-ring (bicyclic) bond motifs is 1. The third-order valence-corrected chi connectivity index (χ3v) is 4.68. The molecule has 0 saturated heterocycles. The minimum absolute atomic E-state index is 1.13. The Hall–Kier alpha value is -1.15. The highest BCUT2D eigenvalue weighted by atomic mass is 28.3. The first-order chi connectivity index (χ1) is 6.98. The van der Waals surface area contributed by atoms with Crippen LogP contribution in [0.4, 0.5) is 0 Å². The molecule has 0 unspecified atom stereocenters. The number of hydrogen-bond donors (Lipinski definition) is 0. The zero-order chi connectivity index (χ0) is 11.1. The molecule has 2 aromatic rings. The van der Waals surface area contributed by atoms with Crippen LogP contribution in [0.3, 0.4) is 0 Å². The van der Waals surface area contributed by atoms with Crippen LogP contribution >= 0.6 is 0 Å². The average molecular weight is 215 g/mol. The van der Waals surface area contributed by atoms with Gasteiger partial charge >= 0.3 is 0 Å². The van der Waals surface area contributed by atoms with E-state index in [9.17, 15) is 0 Å². The standard InChI is InChI=1S/C13H17NSi/c1-10-9-13(15(2,3)4)11-7-5-6-8-12(11)14-10/h5-9H,1-4H3. The minimum Gasteiger partial charge on any atom is -0.253 e. The number of hydrogen-bond acceptors (Lipinski definition) is 1. The Bertz CT molecular complexity index is 497. The number of pyridine rings is 1. The Morgan fingerprint density at radius 1 is 1.07 bits per heavy atom. The molecule has 1 aromatic heterocycles. The zero-order valence-corrected chi connectivity index (χ0v) is 10.8. The fourth-order valence-corrected chi connectivity index (χ4v) is 3.59. The van der Waals surface area contributed by atoms with Gasteiger partial charge in [0.05, 0.1) is 13.6 Å². The second-order valence-electron chi connectivity index (χ2n) is 5.08. The van der Waals surface area contributed by atoms with Crippen molar-refractivity contribution in [2.75, 3.05) is 0 Å². The molecule has 1 nitrogen and oxygen atoms in total. The van der Waals surface area contributed by atoms with Crippen LogP contribution in [-0.4, -0.2) is 13.1 Å². The summed E-state index contributed by atoms with van der Waals surface area (Å²) in [7, 11) is -1.27. The summed E-state index contributed by atoms with van der Waals surface area (Å²) in [5.41, 5.74) is 2.26. The molecular formula is C13H17NSi.